The summed E-state index contributed by atoms with van der Waals surface area (Å²) in [4.78, 5) is 12.8. The van der Waals surface area contributed by atoms with Crippen LogP contribution in [0.25, 0.3) is 0 Å². The average Bonchev–Trinajstić information content (AvgIpc) is 3.16. The van der Waals surface area contributed by atoms with Gasteiger partial charge in [-0.15, -0.1) is 0 Å². The largest absolute Gasteiger partial charge is 0.497 e. The second-order valence-electron chi connectivity index (χ2n) is 5.75. The van der Waals surface area contributed by atoms with Gasteiger partial charge in [-0.1, -0.05) is 17.7 Å². The maximum absolute atomic E-state index is 12.8. The van der Waals surface area contributed by atoms with Gasteiger partial charge in [0.15, 0.2) is 11.5 Å². The number of fused-ring (bicyclic) bond motifs is 1. The van der Waals surface area contributed by atoms with Crippen LogP contribution in [0.5, 0.6) is 28.7 Å². The molecule has 7 nitrogen and oxygen atoms in total. The molecule has 138 valence electrons. The second-order valence-corrected chi connectivity index (χ2v) is 6.16. The van der Waals surface area contributed by atoms with Crippen LogP contribution in [-0.4, -0.2) is 23.7 Å². The molecular weight excluding hydrogens is 372 g/mol. The molecular formula is C19H15ClN2O5. The van der Waals surface area contributed by atoms with E-state index in [-0.39, 0.29) is 24.1 Å². The standard InChI is InChI=1S/C19H15ClN2O5/c1-24-13-3-5-14(6-4-13)27-18-15(20)9-21-22(19(18)23)10-12-2-7-16-17(8-12)26-11-25-16/h2-9H,10-11H2,1H3. The maximum atomic E-state index is 12.8. The number of hydrogen-bond acceptors (Lipinski definition) is 6. The molecule has 0 N–H and O–H groups in total. The quantitative estimate of drug-likeness (QED) is 0.668. The van der Waals surface area contributed by atoms with Crippen LogP contribution < -0.4 is 24.5 Å². The van der Waals surface area contributed by atoms with Crippen LogP contribution in [-0.2, 0) is 6.54 Å². The van der Waals surface area contributed by atoms with Crippen molar-refractivity contribution in [2.24, 2.45) is 0 Å². The van der Waals surface area contributed by atoms with Crippen molar-refractivity contribution in [1.29, 1.82) is 0 Å². The van der Waals surface area contributed by atoms with Gasteiger partial charge in [-0.25, -0.2) is 4.68 Å². The summed E-state index contributed by atoms with van der Waals surface area (Å²) < 4.78 is 22.7. The molecule has 2 heterocycles. The van der Waals surface area contributed by atoms with E-state index in [9.17, 15) is 4.79 Å². The summed E-state index contributed by atoms with van der Waals surface area (Å²) in [7, 11) is 1.57. The number of benzene rings is 2. The minimum atomic E-state index is -0.434. The van der Waals surface area contributed by atoms with Gasteiger partial charge in [0, 0.05) is 0 Å². The lowest BCUT2D eigenvalue weighted by Crippen LogP contribution is -2.24. The third-order valence-corrected chi connectivity index (χ3v) is 4.27. The summed E-state index contributed by atoms with van der Waals surface area (Å²) in [5.74, 6) is 2.49. The molecule has 0 unspecified atom stereocenters. The summed E-state index contributed by atoms with van der Waals surface area (Å²) in [6.45, 7) is 0.434. The number of halogens is 1. The first-order valence-corrected chi connectivity index (χ1v) is 8.48. The Hall–Kier alpha value is -3.19. The third kappa shape index (κ3) is 3.54. The number of aromatic nitrogens is 2. The monoisotopic (exact) mass is 386 g/mol. The van der Waals surface area contributed by atoms with Crippen molar-refractivity contribution in [3.63, 3.8) is 0 Å². The Kier molecular flexibility index (Phi) is 4.60. The molecule has 1 aliphatic rings. The summed E-state index contributed by atoms with van der Waals surface area (Å²) in [6.07, 6.45) is 1.38. The Labute approximate surface area is 159 Å². The zero-order valence-corrected chi connectivity index (χ0v) is 15.1. The maximum Gasteiger partial charge on any atom is 0.311 e. The molecule has 0 aliphatic carbocycles. The topological polar surface area (TPSA) is 71.8 Å². The van der Waals surface area contributed by atoms with Gasteiger partial charge < -0.3 is 18.9 Å². The molecule has 27 heavy (non-hydrogen) atoms. The fourth-order valence-corrected chi connectivity index (χ4v) is 2.79. The first-order chi connectivity index (χ1) is 13.1. The van der Waals surface area contributed by atoms with Gasteiger partial charge in [-0.3, -0.25) is 4.79 Å². The molecule has 0 atom stereocenters. The van der Waals surface area contributed by atoms with E-state index >= 15 is 0 Å². The Balaban J connectivity index is 1.61. The highest BCUT2D eigenvalue weighted by atomic mass is 35.5. The van der Waals surface area contributed by atoms with Crippen molar-refractivity contribution in [3.8, 4) is 28.7 Å². The van der Waals surface area contributed by atoms with Crippen molar-refractivity contribution in [2.75, 3.05) is 13.9 Å². The minimum Gasteiger partial charge on any atom is -0.497 e. The predicted octanol–water partition coefficient (Wildman–Crippen LogP) is 3.47. The highest BCUT2D eigenvalue weighted by Gasteiger charge is 2.16. The van der Waals surface area contributed by atoms with E-state index in [1.54, 1.807) is 37.4 Å². The molecule has 2 aromatic carbocycles. The number of ether oxygens (including phenoxy) is 4. The SMILES string of the molecule is COc1ccc(Oc2c(Cl)cnn(Cc3ccc4c(c3)OCO4)c2=O)cc1. The molecule has 8 heteroatoms. The minimum absolute atomic E-state index is 0.0116. The van der Waals surface area contributed by atoms with Crippen LogP contribution >= 0.6 is 11.6 Å². The predicted molar refractivity (Wildman–Crippen MR) is 98.2 cm³/mol. The van der Waals surface area contributed by atoms with E-state index in [0.717, 1.165) is 5.56 Å². The fraction of sp³-hybridized carbons (Fsp3) is 0.158. The number of methoxy groups -OCH3 is 1. The van der Waals surface area contributed by atoms with Crippen molar-refractivity contribution >= 4 is 11.6 Å². The van der Waals surface area contributed by atoms with E-state index < -0.39 is 5.56 Å². The molecule has 1 aliphatic heterocycles. The number of nitrogens with zero attached hydrogens (tertiary/aromatic N) is 2. The second kappa shape index (κ2) is 7.20. The Morgan fingerprint density at radius 3 is 2.63 bits per heavy atom. The van der Waals surface area contributed by atoms with Gasteiger partial charge in [0.2, 0.25) is 12.5 Å². The van der Waals surface area contributed by atoms with Gasteiger partial charge in [0.25, 0.3) is 0 Å². The van der Waals surface area contributed by atoms with E-state index in [1.807, 2.05) is 12.1 Å². The lowest BCUT2D eigenvalue weighted by molar-refractivity contribution is 0.174. The van der Waals surface area contributed by atoms with Crippen LogP contribution in [0.15, 0.2) is 53.5 Å². The van der Waals surface area contributed by atoms with Crippen molar-refractivity contribution in [3.05, 3.63) is 69.6 Å². The normalized spacial score (nSPS) is 12.1. The van der Waals surface area contributed by atoms with Crippen molar-refractivity contribution in [1.82, 2.24) is 9.78 Å². The van der Waals surface area contributed by atoms with Gasteiger partial charge >= 0.3 is 5.56 Å². The van der Waals surface area contributed by atoms with Crippen molar-refractivity contribution in [2.45, 2.75) is 6.54 Å². The zero-order chi connectivity index (χ0) is 18.8. The number of hydrogen-bond donors (Lipinski definition) is 0. The first-order valence-electron chi connectivity index (χ1n) is 8.10. The van der Waals surface area contributed by atoms with Crippen LogP contribution in [0.2, 0.25) is 5.02 Å². The van der Waals surface area contributed by atoms with Gasteiger partial charge in [0.1, 0.15) is 16.5 Å². The molecule has 1 aromatic heterocycles. The molecule has 0 bridgehead atoms. The van der Waals surface area contributed by atoms with Crippen LogP contribution in [0, 0.1) is 0 Å². The third-order valence-electron chi connectivity index (χ3n) is 4.00. The summed E-state index contributed by atoms with van der Waals surface area (Å²) in [5.41, 5.74) is 0.405. The van der Waals surface area contributed by atoms with E-state index in [4.69, 9.17) is 30.5 Å². The summed E-state index contributed by atoms with van der Waals surface area (Å²) >= 11 is 6.13. The lowest BCUT2D eigenvalue weighted by atomic mass is 10.2. The van der Waals surface area contributed by atoms with Crippen LogP contribution in [0.4, 0.5) is 0 Å². The van der Waals surface area contributed by atoms with Gasteiger partial charge in [0.05, 0.1) is 19.9 Å². The zero-order valence-electron chi connectivity index (χ0n) is 14.3. The Morgan fingerprint density at radius 1 is 1.11 bits per heavy atom. The fourth-order valence-electron chi connectivity index (χ4n) is 2.63. The molecule has 0 spiro atoms. The average molecular weight is 387 g/mol. The highest BCUT2D eigenvalue weighted by Crippen LogP contribution is 2.32. The summed E-state index contributed by atoms with van der Waals surface area (Å²) in [6, 6.07) is 12.3. The van der Waals surface area contributed by atoms with E-state index in [0.29, 0.717) is 23.0 Å². The smallest absolute Gasteiger partial charge is 0.311 e. The lowest BCUT2D eigenvalue weighted by Gasteiger charge is -2.11. The Bertz CT molecular complexity index is 1030. The molecule has 0 radical (unpaired) electrons. The van der Waals surface area contributed by atoms with Gasteiger partial charge in [-0.05, 0) is 42.0 Å². The van der Waals surface area contributed by atoms with E-state index in [2.05, 4.69) is 5.10 Å². The van der Waals surface area contributed by atoms with Crippen LogP contribution in [0.1, 0.15) is 5.56 Å². The number of rotatable bonds is 5. The molecule has 4 rings (SSSR count). The molecule has 0 saturated carbocycles. The molecule has 0 saturated heterocycles. The Morgan fingerprint density at radius 2 is 1.85 bits per heavy atom. The molecule has 0 amide bonds. The first kappa shape index (κ1) is 17.2. The van der Waals surface area contributed by atoms with Crippen LogP contribution in [0.3, 0.4) is 0 Å². The molecule has 0 fully saturated rings. The summed E-state index contributed by atoms with van der Waals surface area (Å²) in [5, 5.41) is 4.23. The molecule has 3 aromatic rings. The van der Waals surface area contributed by atoms with E-state index in [1.165, 1.54) is 10.9 Å². The van der Waals surface area contributed by atoms with Gasteiger partial charge in [-0.2, -0.15) is 5.10 Å². The van der Waals surface area contributed by atoms with Crippen molar-refractivity contribution < 1.29 is 18.9 Å². The highest BCUT2D eigenvalue weighted by molar-refractivity contribution is 6.31.